The minimum absolute atomic E-state index is 0.0367. The van der Waals surface area contributed by atoms with Crippen molar-refractivity contribution in [3.05, 3.63) is 71.8 Å². The van der Waals surface area contributed by atoms with Gasteiger partial charge in [0.25, 0.3) is 12.3 Å². The number of rotatable bonds is 5. The number of methoxy groups -OCH3 is 1. The molecule has 10 heteroatoms. The van der Waals surface area contributed by atoms with Crippen LogP contribution >= 0.6 is 0 Å². The Hall–Kier alpha value is -3.95. The molecule has 4 rings (SSSR count). The van der Waals surface area contributed by atoms with Crippen molar-refractivity contribution in [2.24, 2.45) is 10.7 Å². The third-order valence-electron chi connectivity index (χ3n) is 5.08. The van der Waals surface area contributed by atoms with Gasteiger partial charge in [-0.25, -0.2) is 18.8 Å². The number of halogens is 2. The Labute approximate surface area is 176 Å². The van der Waals surface area contributed by atoms with Crippen molar-refractivity contribution in [3.8, 4) is 16.9 Å². The molecule has 158 valence electrons. The number of amides is 1. The van der Waals surface area contributed by atoms with Gasteiger partial charge in [-0.3, -0.25) is 9.69 Å². The van der Waals surface area contributed by atoms with Crippen molar-refractivity contribution >= 4 is 11.9 Å². The fraction of sp³-hybridized carbons (Fsp3) is 0.190. The largest absolute Gasteiger partial charge is 0.497 e. The van der Waals surface area contributed by atoms with Crippen LogP contribution in [0.1, 0.15) is 23.4 Å². The second-order valence-electron chi connectivity index (χ2n) is 6.87. The number of guanidine groups is 1. The van der Waals surface area contributed by atoms with Gasteiger partial charge in [-0.15, -0.1) is 0 Å². The van der Waals surface area contributed by atoms with Crippen LogP contribution in [0.3, 0.4) is 0 Å². The summed E-state index contributed by atoms with van der Waals surface area (Å²) >= 11 is 0. The molecule has 2 aromatic heterocycles. The maximum absolute atomic E-state index is 13.4. The van der Waals surface area contributed by atoms with E-state index in [0.29, 0.717) is 16.9 Å². The van der Waals surface area contributed by atoms with E-state index in [-0.39, 0.29) is 11.7 Å². The zero-order valence-corrected chi connectivity index (χ0v) is 16.7. The SMILES string of the molecule is COc1cc(-c2ccnnc2)cc(C2(c3cccc(C(F)F)n3)N=C(N)N(C)C2=O)c1. The highest BCUT2D eigenvalue weighted by molar-refractivity contribution is 6.08. The van der Waals surface area contributed by atoms with Crippen LogP contribution in [-0.2, 0) is 10.3 Å². The van der Waals surface area contributed by atoms with Gasteiger partial charge in [-0.2, -0.15) is 10.2 Å². The van der Waals surface area contributed by atoms with E-state index in [9.17, 15) is 13.6 Å². The number of nitrogens with zero attached hydrogens (tertiary/aromatic N) is 5. The van der Waals surface area contributed by atoms with Crippen LogP contribution in [0.2, 0.25) is 0 Å². The van der Waals surface area contributed by atoms with Crippen molar-refractivity contribution in [2.45, 2.75) is 12.0 Å². The van der Waals surface area contributed by atoms with Gasteiger partial charge in [0.15, 0.2) is 5.96 Å². The second kappa shape index (κ2) is 7.71. The van der Waals surface area contributed by atoms with Crippen molar-refractivity contribution in [1.29, 1.82) is 0 Å². The van der Waals surface area contributed by atoms with E-state index in [1.54, 1.807) is 30.5 Å². The molecule has 0 bridgehead atoms. The number of hydrogen-bond donors (Lipinski definition) is 1. The standard InChI is InChI=1S/C21H18F2N6O2/c1-29-19(30)21(28-20(29)24,17-5-3-4-16(27-17)18(22)23)14-8-13(9-15(10-14)31-2)12-6-7-25-26-11-12/h3-11,18H,1-2H3,(H2,24,28). The highest BCUT2D eigenvalue weighted by Gasteiger charge is 2.51. The summed E-state index contributed by atoms with van der Waals surface area (Å²) < 4.78 is 32.2. The molecule has 0 saturated carbocycles. The number of aliphatic imine (C=N–C) groups is 1. The van der Waals surface area contributed by atoms with Crippen LogP contribution in [0.4, 0.5) is 8.78 Å². The normalized spacial score (nSPS) is 18.4. The van der Waals surface area contributed by atoms with Crippen molar-refractivity contribution in [2.75, 3.05) is 14.2 Å². The van der Waals surface area contributed by atoms with Gasteiger partial charge in [0.1, 0.15) is 11.4 Å². The van der Waals surface area contributed by atoms with E-state index in [0.717, 1.165) is 5.56 Å². The molecule has 3 heterocycles. The summed E-state index contributed by atoms with van der Waals surface area (Å²) in [7, 11) is 2.95. The number of carbonyl (C=O) groups excluding carboxylic acids is 1. The van der Waals surface area contributed by atoms with E-state index in [1.807, 2.05) is 0 Å². The summed E-state index contributed by atoms with van der Waals surface area (Å²) in [6, 6.07) is 10.9. The van der Waals surface area contributed by atoms with Crippen LogP contribution in [0.5, 0.6) is 5.75 Å². The van der Waals surface area contributed by atoms with Crippen molar-refractivity contribution in [3.63, 3.8) is 0 Å². The van der Waals surface area contributed by atoms with E-state index in [2.05, 4.69) is 20.2 Å². The van der Waals surface area contributed by atoms with E-state index < -0.39 is 23.6 Å². The second-order valence-corrected chi connectivity index (χ2v) is 6.87. The number of alkyl halides is 2. The average molecular weight is 424 g/mol. The van der Waals surface area contributed by atoms with Gasteiger partial charge in [0.2, 0.25) is 5.54 Å². The predicted octanol–water partition coefficient (Wildman–Crippen LogP) is 2.52. The Morgan fingerprint density at radius 3 is 2.55 bits per heavy atom. The fourth-order valence-electron chi connectivity index (χ4n) is 3.47. The molecular formula is C21H18F2N6O2. The van der Waals surface area contributed by atoms with Crippen LogP contribution in [0.25, 0.3) is 11.1 Å². The quantitative estimate of drug-likeness (QED) is 0.675. The zero-order valence-electron chi connectivity index (χ0n) is 16.7. The molecule has 0 spiro atoms. The summed E-state index contributed by atoms with van der Waals surface area (Å²) in [4.78, 5) is 23.0. The van der Waals surface area contributed by atoms with Crippen LogP contribution in [-0.4, -0.2) is 46.1 Å². The monoisotopic (exact) mass is 424 g/mol. The predicted molar refractivity (Wildman–Crippen MR) is 108 cm³/mol. The molecule has 31 heavy (non-hydrogen) atoms. The van der Waals surface area contributed by atoms with Gasteiger partial charge >= 0.3 is 0 Å². The number of likely N-dealkylation sites (N-methyl/N-ethyl adjacent to an activating group) is 1. The molecule has 1 aliphatic rings. The molecule has 1 amide bonds. The van der Waals surface area contributed by atoms with Crippen LogP contribution < -0.4 is 10.5 Å². The molecule has 1 atom stereocenters. The van der Waals surface area contributed by atoms with Gasteiger partial charge < -0.3 is 10.5 Å². The molecule has 0 radical (unpaired) electrons. The fourth-order valence-corrected chi connectivity index (χ4v) is 3.47. The topological polar surface area (TPSA) is 107 Å². The summed E-state index contributed by atoms with van der Waals surface area (Å²) in [5.74, 6) is -0.134. The molecule has 1 aromatic carbocycles. The number of benzene rings is 1. The maximum atomic E-state index is 13.4. The summed E-state index contributed by atoms with van der Waals surface area (Å²) in [5.41, 5.74) is 5.56. The number of aromatic nitrogens is 3. The van der Waals surface area contributed by atoms with Crippen LogP contribution in [0.15, 0.2) is 59.9 Å². The molecule has 0 aliphatic carbocycles. The lowest BCUT2D eigenvalue weighted by molar-refractivity contribution is -0.129. The van der Waals surface area contributed by atoms with Crippen LogP contribution in [0, 0.1) is 0 Å². The number of carbonyl (C=O) groups is 1. The molecule has 1 unspecified atom stereocenters. The Kier molecular flexibility index (Phi) is 5.05. The molecule has 2 N–H and O–H groups in total. The molecule has 3 aromatic rings. The average Bonchev–Trinajstić information content (AvgIpc) is 3.04. The number of pyridine rings is 1. The van der Waals surface area contributed by atoms with E-state index in [4.69, 9.17) is 10.5 Å². The third kappa shape index (κ3) is 3.35. The summed E-state index contributed by atoms with van der Waals surface area (Å²) in [6.07, 6.45) is 0.278. The Morgan fingerprint density at radius 1 is 1.13 bits per heavy atom. The molecule has 0 saturated heterocycles. The highest BCUT2D eigenvalue weighted by Crippen LogP contribution is 2.41. The Balaban J connectivity index is 2.00. The lowest BCUT2D eigenvalue weighted by Crippen LogP contribution is -2.41. The first-order valence-electron chi connectivity index (χ1n) is 9.22. The van der Waals surface area contributed by atoms with Gasteiger partial charge in [-0.05, 0) is 47.5 Å². The lowest BCUT2D eigenvalue weighted by atomic mass is 9.84. The first kappa shape index (κ1) is 20.3. The molecule has 0 fully saturated rings. The maximum Gasteiger partial charge on any atom is 0.280 e. The van der Waals surface area contributed by atoms with Gasteiger partial charge in [-0.1, -0.05) is 6.07 Å². The minimum atomic E-state index is -2.81. The summed E-state index contributed by atoms with van der Waals surface area (Å²) in [5, 5.41) is 7.65. The van der Waals surface area contributed by atoms with E-state index in [1.165, 1.54) is 43.5 Å². The number of ether oxygens (including phenoxy) is 1. The number of hydrogen-bond acceptors (Lipinski definition) is 7. The Morgan fingerprint density at radius 2 is 1.94 bits per heavy atom. The molecular weight excluding hydrogens is 406 g/mol. The van der Waals surface area contributed by atoms with Crippen molar-refractivity contribution in [1.82, 2.24) is 20.1 Å². The minimum Gasteiger partial charge on any atom is -0.497 e. The highest BCUT2D eigenvalue weighted by atomic mass is 19.3. The van der Waals surface area contributed by atoms with Crippen molar-refractivity contribution < 1.29 is 18.3 Å². The number of nitrogens with two attached hydrogens (primary N) is 1. The van der Waals surface area contributed by atoms with E-state index >= 15 is 0 Å². The van der Waals surface area contributed by atoms with Gasteiger partial charge in [0.05, 0.1) is 25.2 Å². The van der Waals surface area contributed by atoms with Gasteiger partial charge in [0, 0.05) is 12.6 Å². The lowest BCUT2D eigenvalue weighted by Gasteiger charge is -2.26. The first-order valence-corrected chi connectivity index (χ1v) is 9.22. The third-order valence-corrected chi connectivity index (χ3v) is 5.08. The summed E-state index contributed by atoms with van der Waals surface area (Å²) in [6.45, 7) is 0. The zero-order chi connectivity index (χ0) is 22.2. The Bertz CT molecular complexity index is 1170. The molecule has 1 aliphatic heterocycles. The first-order chi connectivity index (χ1) is 14.9. The smallest absolute Gasteiger partial charge is 0.280 e. The molecule has 8 nitrogen and oxygen atoms in total.